The minimum Gasteiger partial charge on any atom is -0.349 e. The molecule has 0 radical (unpaired) electrons. The molecular formula is C19H25N5OSSi. The van der Waals surface area contributed by atoms with Gasteiger partial charge in [-0.2, -0.15) is 0 Å². The first-order chi connectivity index (χ1) is 12.9. The van der Waals surface area contributed by atoms with Crippen LogP contribution in [-0.4, -0.2) is 48.7 Å². The number of hydrogen-bond acceptors (Lipinski definition) is 5. The normalized spacial score (nSPS) is 21.0. The Bertz CT molecular complexity index is 984. The van der Waals surface area contributed by atoms with Gasteiger partial charge in [-0.1, -0.05) is 0 Å². The van der Waals surface area contributed by atoms with Crippen molar-refractivity contribution in [2.75, 3.05) is 18.4 Å². The number of nitrogens with zero attached hydrogens (tertiary/aromatic N) is 4. The first-order valence-corrected chi connectivity index (χ1v) is 11.1. The molecule has 6 nitrogen and oxygen atoms in total. The van der Waals surface area contributed by atoms with E-state index >= 15 is 0 Å². The highest BCUT2D eigenvalue weighted by Gasteiger charge is 2.34. The van der Waals surface area contributed by atoms with Crippen molar-refractivity contribution >= 4 is 43.7 Å². The van der Waals surface area contributed by atoms with Gasteiger partial charge >= 0.3 is 0 Å². The summed E-state index contributed by atoms with van der Waals surface area (Å²) in [7, 11) is 3.21. The average molecular weight is 400 g/mol. The van der Waals surface area contributed by atoms with Crippen LogP contribution >= 0.6 is 11.3 Å². The molecule has 0 bridgehead atoms. The molecule has 142 valence electrons. The van der Waals surface area contributed by atoms with Gasteiger partial charge in [0.2, 0.25) is 5.91 Å². The number of carbonyl (C=O) groups excluding carboxylic acids is 1. The fourth-order valence-electron chi connectivity index (χ4n) is 4.22. The van der Waals surface area contributed by atoms with E-state index in [9.17, 15) is 4.79 Å². The fourth-order valence-corrected chi connectivity index (χ4v) is 6.32. The van der Waals surface area contributed by atoms with Crippen molar-refractivity contribution < 1.29 is 4.79 Å². The maximum Gasteiger partial charge on any atom is 0.223 e. The number of pyridine rings is 1. The topological polar surface area (TPSA) is 63.1 Å². The minimum absolute atomic E-state index is 0.0725. The van der Waals surface area contributed by atoms with Gasteiger partial charge in [0, 0.05) is 60.8 Å². The largest absolute Gasteiger partial charge is 0.349 e. The first-order valence-electron chi connectivity index (χ1n) is 9.30. The lowest BCUT2D eigenvalue weighted by molar-refractivity contribution is -0.114. The van der Waals surface area contributed by atoms with Crippen LogP contribution in [0.3, 0.4) is 0 Å². The van der Waals surface area contributed by atoms with Gasteiger partial charge in [-0.25, -0.2) is 4.98 Å². The average Bonchev–Trinajstić information content (AvgIpc) is 3.21. The van der Waals surface area contributed by atoms with E-state index in [0.29, 0.717) is 5.13 Å². The first kappa shape index (κ1) is 18.3. The summed E-state index contributed by atoms with van der Waals surface area (Å²) in [5.41, 5.74) is 3.81. The molecule has 1 aliphatic heterocycles. The second-order valence-electron chi connectivity index (χ2n) is 7.71. The van der Waals surface area contributed by atoms with Crippen LogP contribution in [0.1, 0.15) is 30.2 Å². The molecule has 1 atom stereocenters. The molecule has 1 amide bonds. The van der Waals surface area contributed by atoms with Crippen LogP contribution in [0, 0.1) is 0 Å². The number of amides is 1. The number of aromatic nitrogens is 3. The molecule has 3 aromatic heterocycles. The highest BCUT2D eigenvalue weighted by molar-refractivity contribution is 7.15. The summed E-state index contributed by atoms with van der Waals surface area (Å²) in [6, 6.07) is 4.33. The summed E-state index contributed by atoms with van der Waals surface area (Å²) in [4.78, 5) is 23.8. The zero-order chi connectivity index (χ0) is 19.0. The number of thiazole rings is 1. The fraction of sp³-hybridized carbons (Fsp3) is 0.421. The number of piperidine rings is 1. The highest BCUT2D eigenvalue weighted by Crippen LogP contribution is 2.36. The lowest BCUT2D eigenvalue weighted by Crippen LogP contribution is -2.46. The van der Waals surface area contributed by atoms with E-state index in [1.54, 1.807) is 11.3 Å². The van der Waals surface area contributed by atoms with Crippen LogP contribution < -0.4 is 5.32 Å². The molecule has 27 heavy (non-hydrogen) atoms. The third kappa shape index (κ3) is 3.69. The Kier molecular flexibility index (Phi) is 4.87. The molecule has 0 spiro atoms. The predicted molar refractivity (Wildman–Crippen MR) is 113 cm³/mol. The van der Waals surface area contributed by atoms with Gasteiger partial charge in [-0.15, -0.1) is 11.3 Å². The van der Waals surface area contributed by atoms with E-state index < -0.39 is 0 Å². The number of likely N-dealkylation sites (tertiary alicyclic amines) is 1. The zero-order valence-electron chi connectivity index (χ0n) is 16.0. The number of nitrogens with one attached hydrogen (secondary N) is 1. The molecule has 4 rings (SSSR count). The van der Waals surface area contributed by atoms with Crippen LogP contribution in [0.5, 0.6) is 0 Å². The van der Waals surface area contributed by atoms with Crippen molar-refractivity contribution in [3.63, 3.8) is 0 Å². The third-order valence-corrected chi connectivity index (χ3v) is 7.66. The molecule has 0 unspecified atom stereocenters. The molecule has 1 aliphatic rings. The Labute approximate surface area is 166 Å². The van der Waals surface area contributed by atoms with Crippen molar-refractivity contribution in [1.82, 2.24) is 19.4 Å². The van der Waals surface area contributed by atoms with Crippen molar-refractivity contribution in [2.45, 2.75) is 31.3 Å². The SMILES string of the molecule is CC(=O)Nc1ncc(CN2CCC[C@]([SiH3])(c3ccnc4ccn(C)c34)C2)s1. The quantitative estimate of drug-likeness (QED) is 0.680. The van der Waals surface area contributed by atoms with Crippen LogP contribution in [0.15, 0.2) is 30.7 Å². The summed E-state index contributed by atoms with van der Waals surface area (Å²) in [6.45, 7) is 4.58. The smallest absolute Gasteiger partial charge is 0.223 e. The highest BCUT2D eigenvalue weighted by atomic mass is 32.1. The van der Waals surface area contributed by atoms with Gasteiger partial charge in [-0.3, -0.25) is 14.7 Å². The van der Waals surface area contributed by atoms with E-state index in [-0.39, 0.29) is 10.9 Å². The Morgan fingerprint density at radius 2 is 2.26 bits per heavy atom. The van der Waals surface area contributed by atoms with Crippen LogP contribution in [0.2, 0.25) is 0 Å². The van der Waals surface area contributed by atoms with Crippen molar-refractivity contribution in [3.05, 3.63) is 41.2 Å². The Hall–Kier alpha value is -2.03. The maximum absolute atomic E-state index is 11.2. The predicted octanol–water partition coefficient (Wildman–Crippen LogP) is 1.84. The van der Waals surface area contributed by atoms with Gasteiger partial charge in [0.1, 0.15) is 0 Å². The summed E-state index contributed by atoms with van der Waals surface area (Å²) in [6.07, 6.45) is 8.39. The molecular weight excluding hydrogens is 374 g/mol. The van der Waals surface area contributed by atoms with Gasteiger partial charge < -0.3 is 9.88 Å². The molecule has 0 aliphatic carbocycles. The van der Waals surface area contributed by atoms with E-state index in [4.69, 9.17) is 0 Å². The molecule has 8 heteroatoms. The van der Waals surface area contributed by atoms with Gasteiger partial charge in [-0.05, 0) is 42.1 Å². The Morgan fingerprint density at radius 1 is 1.41 bits per heavy atom. The second kappa shape index (κ2) is 7.18. The molecule has 1 N–H and O–H groups in total. The number of anilines is 1. The minimum atomic E-state index is -0.0725. The van der Waals surface area contributed by atoms with E-state index in [0.717, 1.165) is 35.4 Å². The third-order valence-electron chi connectivity index (χ3n) is 5.40. The molecule has 4 heterocycles. The molecule has 3 aromatic rings. The zero-order valence-corrected chi connectivity index (χ0v) is 18.8. The molecule has 0 saturated carbocycles. The van der Waals surface area contributed by atoms with Gasteiger partial charge in [0.25, 0.3) is 0 Å². The van der Waals surface area contributed by atoms with Gasteiger partial charge in [0.05, 0.1) is 11.0 Å². The summed E-state index contributed by atoms with van der Waals surface area (Å²) in [5.74, 6) is -0.0725. The van der Waals surface area contributed by atoms with E-state index in [2.05, 4.69) is 50.1 Å². The van der Waals surface area contributed by atoms with Crippen LogP contribution in [0.4, 0.5) is 5.13 Å². The molecule has 1 fully saturated rings. The number of carbonyl (C=O) groups is 1. The van der Waals surface area contributed by atoms with Crippen molar-refractivity contribution in [3.8, 4) is 0 Å². The van der Waals surface area contributed by atoms with Gasteiger partial charge in [0.15, 0.2) is 5.13 Å². The molecule has 0 aromatic carbocycles. The van der Waals surface area contributed by atoms with Crippen molar-refractivity contribution in [1.29, 1.82) is 0 Å². The van der Waals surface area contributed by atoms with Crippen LogP contribution in [0.25, 0.3) is 11.0 Å². The number of aryl methyl sites for hydroxylation is 1. The van der Waals surface area contributed by atoms with E-state index in [1.807, 2.05) is 12.4 Å². The Balaban J connectivity index is 1.55. The maximum atomic E-state index is 11.2. The summed E-state index contributed by atoms with van der Waals surface area (Å²) in [5, 5.41) is 3.69. The number of fused-ring (bicyclic) bond motifs is 1. The van der Waals surface area contributed by atoms with Crippen LogP contribution in [-0.2, 0) is 23.4 Å². The summed E-state index contributed by atoms with van der Waals surface area (Å²) >= 11 is 1.57. The molecule has 1 saturated heterocycles. The lowest BCUT2D eigenvalue weighted by atomic mass is 9.88. The second-order valence-corrected chi connectivity index (χ2v) is 10.7. The number of rotatable bonds is 4. The van der Waals surface area contributed by atoms with E-state index in [1.165, 1.54) is 35.7 Å². The van der Waals surface area contributed by atoms with Crippen molar-refractivity contribution in [2.24, 2.45) is 7.05 Å². The monoisotopic (exact) mass is 399 g/mol. The Morgan fingerprint density at radius 3 is 3.07 bits per heavy atom. The lowest BCUT2D eigenvalue weighted by Gasteiger charge is -2.41. The standard InChI is InChI=1S/C19H25N5OSSi/c1-13(25)22-18-21-10-14(26-18)11-24-8-3-6-19(27,12-24)15-4-7-20-16-5-9-23(2)17(15)16/h4-5,7,9-10H,3,6,8,11-12H2,1-2,27H3,(H,21,22,25)/t19-/m1/s1. The number of hydrogen-bond donors (Lipinski definition) is 1. The summed E-state index contributed by atoms with van der Waals surface area (Å²) < 4.78 is 2.21.